The first kappa shape index (κ1) is 10.6. The third kappa shape index (κ3) is 2.19. The molecular formula is C9H10N6S. The van der Waals surface area contributed by atoms with Crippen LogP contribution in [0.4, 0.5) is 0 Å². The summed E-state index contributed by atoms with van der Waals surface area (Å²) in [7, 11) is 0. The van der Waals surface area contributed by atoms with Crippen molar-refractivity contribution in [1.29, 1.82) is 0 Å². The lowest BCUT2D eigenvalue weighted by Crippen LogP contribution is -2.26. The van der Waals surface area contributed by atoms with Gasteiger partial charge in [-0.05, 0) is 25.2 Å². The molecule has 0 aliphatic carbocycles. The van der Waals surface area contributed by atoms with Crippen LogP contribution in [-0.4, -0.2) is 34.8 Å². The highest BCUT2D eigenvalue weighted by Crippen LogP contribution is 2.12. The van der Waals surface area contributed by atoms with Crippen molar-refractivity contribution in [3.05, 3.63) is 12.2 Å². The SMILES string of the molecule is C/C(=N\NC(N)=S)C1=NC2C=CC=NC2=N1. The van der Waals surface area contributed by atoms with Crippen LogP contribution in [0.1, 0.15) is 6.92 Å². The minimum Gasteiger partial charge on any atom is -0.375 e. The van der Waals surface area contributed by atoms with E-state index in [1.807, 2.05) is 12.2 Å². The van der Waals surface area contributed by atoms with Gasteiger partial charge in [0.15, 0.2) is 16.8 Å². The summed E-state index contributed by atoms with van der Waals surface area (Å²) in [5.74, 6) is 1.23. The van der Waals surface area contributed by atoms with E-state index in [9.17, 15) is 0 Å². The molecule has 6 nitrogen and oxygen atoms in total. The molecule has 0 aromatic rings. The minimum absolute atomic E-state index is 0.0880. The fourth-order valence-electron chi connectivity index (χ4n) is 1.26. The Balaban J connectivity index is 2.15. The molecule has 0 spiro atoms. The van der Waals surface area contributed by atoms with Gasteiger partial charge >= 0.3 is 0 Å². The standard InChI is InChI=1S/C9H10N6S/c1-5(14-15-9(10)16)7-12-6-3-2-4-11-8(6)13-7/h2-4,6H,1H3,(H3,10,15,16)/b14-5+. The molecule has 0 aromatic carbocycles. The number of nitrogens with zero attached hydrogens (tertiary/aromatic N) is 4. The van der Waals surface area contributed by atoms with Crippen molar-refractivity contribution in [1.82, 2.24) is 5.43 Å². The number of dihydropyridines is 1. The van der Waals surface area contributed by atoms with Gasteiger partial charge < -0.3 is 5.73 Å². The number of thiocarbonyl (C=S) groups is 1. The van der Waals surface area contributed by atoms with Gasteiger partial charge in [-0.25, -0.2) is 15.0 Å². The quantitative estimate of drug-likeness (QED) is 0.401. The van der Waals surface area contributed by atoms with E-state index in [4.69, 9.17) is 5.73 Å². The molecule has 2 heterocycles. The van der Waals surface area contributed by atoms with Crippen molar-refractivity contribution in [2.24, 2.45) is 25.8 Å². The van der Waals surface area contributed by atoms with Crippen molar-refractivity contribution in [2.75, 3.05) is 0 Å². The van der Waals surface area contributed by atoms with E-state index >= 15 is 0 Å². The first-order valence-electron chi connectivity index (χ1n) is 4.64. The summed E-state index contributed by atoms with van der Waals surface area (Å²) in [6.45, 7) is 1.78. The molecule has 2 rings (SSSR count). The third-order valence-electron chi connectivity index (χ3n) is 1.99. The number of fused-ring (bicyclic) bond motifs is 1. The van der Waals surface area contributed by atoms with Crippen LogP contribution in [0.25, 0.3) is 0 Å². The summed E-state index contributed by atoms with van der Waals surface area (Å²) >= 11 is 4.64. The highest BCUT2D eigenvalue weighted by molar-refractivity contribution is 7.80. The monoisotopic (exact) mass is 234 g/mol. The summed E-state index contributed by atoms with van der Waals surface area (Å²) in [6, 6.07) is -0.0880. The van der Waals surface area contributed by atoms with Crippen molar-refractivity contribution in [3.63, 3.8) is 0 Å². The largest absolute Gasteiger partial charge is 0.375 e. The number of allylic oxidation sites excluding steroid dienone is 1. The predicted molar refractivity (Wildman–Crippen MR) is 69.3 cm³/mol. The molecule has 7 heteroatoms. The Morgan fingerprint density at radius 3 is 3.12 bits per heavy atom. The molecule has 0 saturated heterocycles. The molecule has 0 bridgehead atoms. The second-order valence-corrected chi connectivity index (χ2v) is 3.64. The summed E-state index contributed by atoms with van der Waals surface area (Å²) in [6.07, 6.45) is 5.45. The molecule has 2 aliphatic heterocycles. The number of aliphatic imine (C=N–C) groups is 3. The zero-order valence-electron chi connectivity index (χ0n) is 8.58. The number of amidine groups is 2. The topological polar surface area (TPSA) is 87.5 Å². The van der Waals surface area contributed by atoms with Gasteiger partial charge in [-0.2, -0.15) is 5.10 Å². The number of nitrogens with two attached hydrogens (primary N) is 1. The second kappa shape index (κ2) is 4.31. The number of hydrazone groups is 1. The van der Waals surface area contributed by atoms with Gasteiger partial charge in [-0.15, -0.1) is 0 Å². The lowest BCUT2D eigenvalue weighted by Gasteiger charge is -2.02. The van der Waals surface area contributed by atoms with Gasteiger partial charge in [0.1, 0.15) is 11.8 Å². The van der Waals surface area contributed by atoms with E-state index < -0.39 is 0 Å². The van der Waals surface area contributed by atoms with Crippen LogP contribution in [0.5, 0.6) is 0 Å². The molecule has 0 saturated carbocycles. The molecule has 16 heavy (non-hydrogen) atoms. The lowest BCUT2D eigenvalue weighted by atomic mass is 10.2. The maximum atomic E-state index is 5.26. The maximum absolute atomic E-state index is 5.26. The predicted octanol–water partition coefficient (Wildman–Crippen LogP) is 0.0153. The van der Waals surface area contributed by atoms with Crippen molar-refractivity contribution >= 4 is 40.9 Å². The second-order valence-electron chi connectivity index (χ2n) is 3.20. The molecule has 0 amide bonds. The summed E-state index contributed by atoms with van der Waals surface area (Å²) in [5, 5.41) is 4.06. The number of nitrogens with one attached hydrogen (secondary N) is 1. The lowest BCUT2D eigenvalue weighted by molar-refractivity contribution is 1.03. The van der Waals surface area contributed by atoms with E-state index in [1.165, 1.54) is 0 Å². The summed E-state index contributed by atoms with van der Waals surface area (Å²) in [5.41, 5.74) is 8.38. The first-order chi connectivity index (χ1) is 7.66. The Hall–Kier alpha value is -1.89. The van der Waals surface area contributed by atoms with Crippen LogP contribution in [0.15, 0.2) is 32.2 Å². The number of rotatable bonds is 2. The Morgan fingerprint density at radius 1 is 1.62 bits per heavy atom. The van der Waals surface area contributed by atoms with Crippen molar-refractivity contribution < 1.29 is 0 Å². The van der Waals surface area contributed by atoms with Gasteiger partial charge in [0.25, 0.3) is 0 Å². The molecule has 1 atom stereocenters. The average Bonchev–Trinajstić information content (AvgIpc) is 2.69. The highest BCUT2D eigenvalue weighted by atomic mass is 32.1. The van der Waals surface area contributed by atoms with Crippen LogP contribution >= 0.6 is 12.2 Å². The Labute approximate surface area is 97.8 Å². The highest BCUT2D eigenvalue weighted by Gasteiger charge is 2.22. The smallest absolute Gasteiger partial charge is 0.184 e. The van der Waals surface area contributed by atoms with Crippen LogP contribution in [0.2, 0.25) is 0 Å². The van der Waals surface area contributed by atoms with Gasteiger partial charge in [-0.3, -0.25) is 5.43 Å². The van der Waals surface area contributed by atoms with Crippen LogP contribution in [0, 0.1) is 0 Å². The Kier molecular flexibility index (Phi) is 2.86. The van der Waals surface area contributed by atoms with E-state index in [-0.39, 0.29) is 11.2 Å². The molecule has 0 aromatic heterocycles. The van der Waals surface area contributed by atoms with E-state index in [0.29, 0.717) is 17.4 Å². The Morgan fingerprint density at radius 2 is 2.44 bits per heavy atom. The molecular weight excluding hydrogens is 224 g/mol. The first-order valence-corrected chi connectivity index (χ1v) is 5.05. The van der Waals surface area contributed by atoms with Crippen LogP contribution in [-0.2, 0) is 0 Å². The fourth-order valence-corrected chi connectivity index (χ4v) is 1.31. The van der Waals surface area contributed by atoms with Crippen molar-refractivity contribution in [3.8, 4) is 0 Å². The zero-order chi connectivity index (χ0) is 11.5. The van der Waals surface area contributed by atoms with Crippen LogP contribution < -0.4 is 11.2 Å². The van der Waals surface area contributed by atoms with E-state index in [0.717, 1.165) is 0 Å². The van der Waals surface area contributed by atoms with Crippen LogP contribution in [0.3, 0.4) is 0 Å². The molecule has 0 fully saturated rings. The number of hydrogen-bond donors (Lipinski definition) is 2. The van der Waals surface area contributed by atoms with Gasteiger partial charge in [0, 0.05) is 6.21 Å². The third-order valence-corrected chi connectivity index (χ3v) is 2.08. The fraction of sp³-hybridized carbons (Fsp3) is 0.222. The van der Waals surface area contributed by atoms with Gasteiger partial charge in [0.2, 0.25) is 0 Å². The van der Waals surface area contributed by atoms with E-state index in [1.54, 1.807) is 13.1 Å². The average molecular weight is 234 g/mol. The van der Waals surface area contributed by atoms with Crippen molar-refractivity contribution in [2.45, 2.75) is 13.0 Å². The molecule has 3 N–H and O–H groups in total. The van der Waals surface area contributed by atoms with E-state index in [2.05, 4.69) is 37.7 Å². The minimum atomic E-state index is -0.0880. The Bertz CT molecular complexity index is 470. The van der Waals surface area contributed by atoms with Gasteiger partial charge in [0.05, 0.1) is 0 Å². The molecule has 2 aliphatic rings. The summed E-state index contributed by atoms with van der Waals surface area (Å²) in [4.78, 5) is 12.7. The maximum Gasteiger partial charge on any atom is 0.184 e. The van der Waals surface area contributed by atoms with Gasteiger partial charge in [-0.1, -0.05) is 6.08 Å². The zero-order valence-corrected chi connectivity index (χ0v) is 9.40. The molecule has 82 valence electrons. The normalized spacial score (nSPS) is 22.6. The molecule has 0 radical (unpaired) electrons. The summed E-state index contributed by atoms with van der Waals surface area (Å²) < 4.78 is 0. The number of hydrogen-bond acceptors (Lipinski definition) is 5. The molecule has 1 unspecified atom stereocenters.